The third kappa shape index (κ3) is 3.73. The summed E-state index contributed by atoms with van der Waals surface area (Å²) in [5.41, 5.74) is 1.38. The third-order valence-electron chi connectivity index (χ3n) is 3.03. The van der Waals surface area contributed by atoms with Crippen LogP contribution in [0.2, 0.25) is 0 Å². The molecular formula is C17H22N2O. The van der Waals surface area contributed by atoms with E-state index in [1.807, 2.05) is 31.2 Å². The van der Waals surface area contributed by atoms with Crippen molar-refractivity contribution < 1.29 is 4.74 Å². The summed E-state index contributed by atoms with van der Waals surface area (Å²) in [6.45, 7) is 9.48. The largest absolute Gasteiger partial charge is 0.457 e. The lowest BCUT2D eigenvalue weighted by Gasteiger charge is -2.19. The molecule has 0 radical (unpaired) electrons. The summed E-state index contributed by atoms with van der Waals surface area (Å²) in [7, 11) is 0. The van der Waals surface area contributed by atoms with Gasteiger partial charge in [-0.3, -0.25) is 0 Å². The number of hydrogen-bond donors (Lipinski definition) is 1. The standard InChI is InChI=1S/C17H22N2O/c1-5-18-16-12-15(9-10-19-16)20-14-8-6-7-13(11-14)17(2,3)4/h6-12H,5H2,1-4H3,(H,18,19). The molecule has 0 aliphatic heterocycles. The van der Waals surface area contributed by atoms with Crippen molar-refractivity contribution in [3.05, 3.63) is 48.2 Å². The smallest absolute Gasteiger partial charge is 0.132 e. The maximum absolute atomic E-state index is 5.92. The molecule has 2 aromatic rings. The van der Waals surface area contributed by atoms with Crippen LogP contribution in [0.15, 0.2) is 42.6 Å². The first-order valence-corrected chi connectivity index (χ1v) is 6.97. The molecule has 0 spiro atoms. The van der Waals surface area contributed by atoms with Crippen LogP contribution in [0.5, 0.6) is 11.5 Å². The van der Waals surface area contributed by atoms with Crippen LogP contribution in [0.4, 0.5) is 5.82 Å². The van der Waals surface area contributed by atoms with Crippen molar-refractivity contribution >= 4 is 5.82 Å². The monoisotopic (exact) mass is 270 g/mol. The molecule has 1 aromatic carbocycles. The van der Waals surface area contributed by atoms with Gasteiger partial charge in [0.2, 0.25) is 0 Å². The van der Waals surface area contributed by atoms with Gasteiger partial charge in [-0.2, -0.15) is 0 Å². The lowest BCUT2D eigenvalue weighted by Crippen LogP contribution is -2.10. The number of nitrogens with zero attached hydrogens (tertiary/aromatic N) is 1. The Morgan fingerprint density at radius 2 is 1.85 bits per heavy atom. The summed E-state index contributed by atoms with van der Waals surface area (Å²) in [4.78, 5) is 4.24. The number of hydrogen-bond acceptors (Lipinski definition) is 3. The summed E-state index contributed by atoms with van der Waals surface area (Å²) in [5, 5.41) is 3.18. The molecule has 0 amide bonds. The van der Waals surface area contributed by atoms with E-state index in [0.29, 0.717) is 0 Å². The molecule has 0 fully saturated rings. The third-order valence-corrected chi connectivity index (χ3v) is 3.03. The Hall–Kier alpha value is -2.03. The Kier molecular flexibility index (Phi) is 4.28. The number of pyridine rings is 1. The number of ether oxygens (including phenoxy) is 1. The van der Waals surface area contributed by atoms with Crippen LogP contribution < -0.4 is 10.1 Å². The van der Waals surface area contributed by atoms with Gasteiger partial charge in [-0.05, 0) is 36.1 Å². The highest BCUT2D eigenvalue weighted by Crippen LogP contribution is 2.28. The molecule has 0 bridgehead atoms. The zero-order chi connectivity index (χ0) is 14.6. The fraction of sp³-hybridized carbons (Fsp3) is 0.353. The predicted molar refractivity (Wildman–Crippen MR) is 83.6 cm³/mol. The molecule has 0 aliphatic carbocycles. The summed E-state index contributed by atoms with van der Waals surface area (Å²) in [6, 6.07) is 12.0. The van der Waals surface area contributed by atoms with Crippen molar-refractivity contribution in [1.29, 1.82) is 0 Å². The van der Waals surface area contributed by atoms with Crippen molar-refractivity contribution in [2.24, 2.45) is 0 Å². The molecule has 0 unspecified atom stereocenters. The minimum Gasteiger partial charge on any atom is -0.457 e. The first kappa shape index (κ1) is 14.4. The first-order chi connectivity index (χ1) is 9.49. The number of rotatable bonds is 4. The minimum atomic E-state index is 0.118. The Morgan fingerprint density at radius 1 is 1.10 bits per heavy atom. The van der Waals surface area contributed by atoms with Crippen LogP contribution in [-0.4, -0.2) is 11.5 Å². The molecule has 0 atom stereocenters. The highest BCUT2D eigenvalue weighted by atomic mass is 16.5. The fourth-order valence-corrected chi connectivity index (χ4v) is 1.91. The van der Waals surface area contributed by atoms with Crippen molar-refractivity contribution in [2.75, 3.05) is 11.9 Å². The zero-order valence-electron chi connectivity index (χ0n) is 12.6. The van der Waals surface area contributed by atoms with Gasteiger partial charge in [0.05, 0.1) is 0 Å². The normalized spacial score (nSPS) is 11.2. The van der Waals surface area contributed by atoms with Crippen LogP contribution in [0.1, 0.15) is 33.3 Å². The van der Waals surface area contributed by atoms with Gasteiger partial charge < -0.3 is 10.1 Å². The van der Waals surface area contributed by atoms with E-state index in [2.05, 4.69) is 43.2 Å². The molecule has 3 nitrogen and oxygen atoms in total. The van der Waals surface area contributed by atoms with E-state index in [4.69, 9.17) is 4.74 Å². The molecule has 1 heterocycles. The fourth-order valence-electron chi connectivity index (χ4n) is 1.91. The number of benzene rings is 1. The molecule has 0 aliphatic rings. The lowest BCUT2D eigenvalue weighted by atomic mass is 9.87. The minimum absolute atomic E-state index is 0.118. The summed E-state index contributed by atoms with van der Waals surface area (Å²) in [6.07, 6.45) is 1.75. The van der Waals surface area contributed by atoms with Crippen LogP contribution in [0.3, 0.4) is 0 Å². The molecule has 20 heavy (non-hydrogen) atoms. The van der Waals surface area contributed by atoms with Crippen LogP contribution >= 0.6 is 0 Å². The molecular weight excluding hydrogens is 248 g/mol. The van der Waals surface area contributed by atoms with Gasteiger partial charge in [-0.25, -0.2) is 4.98 Å². The van der Waals surface area contributed by atoms with Crippen molar-refractivity contribution in [3.63, 3.8) is 0 Å². The zero-order valence-corrected chi connectivity index (χ0v) is 12.6. The van der Waals surface area contributed by atoms with E-state index in [1.165, 1.54) is 5.56 Å². The van der Waals surface area contributed by atoms with Crippen LogP contribution in [-0.2, 0) is 5.41 Å². The second kappa shape index (κ2) is 5.95. The first-order valence-electron chi connectivity index (χ1n) is 6.97. The van der Waals surface area contributed by atoms with Gasteiger partial charge in [0, 0.05) is 18.8 Å². The Morgan fingerprint density at radius 3 is 2.55 bits per heavy atom. The van der Waals surface area contributed by atoms with Crippen molar-refractivity contribution in [1.82, 2.24) is 4.98 Å². The lowest BCUT2D eigenvalue weighted by molar-refractivity contribution is 0.478. The van der Waals surface area contributed by atoms with Gasteiger partial charge in [-0.1, -0.05) is 32.9 Å². The number of nitrogens with one attached hydrogen (secondary N) is 1. The van der Waals surface area contributed by atoms with E-state index < -0.39 is 0 Å². The average Bonchev–Trinajstić information content (AvgIpc) is 2.39. The molecule has 1 N–H and O–H groups in total. The van der Waals surface area contributed by atoms with Crippen molar-refractivity contribution in [3.8, 4) is 11.5 Å². The molecule has 3 heteroatoms. The highest BCUT2D eigenvalue weighted by Gasteiger charge is 2.14. The van der Waals surface area contributed by atoms with Gasteiger partial charge in [0.25, 0.3) is 0 Å². The van der Waals surface area contributed by atoms with E-state index in [-0.39, 0.29) is 5.41 Å². The highest BCUT2D eigenvalue weighted by molar-refractivity contribution is 5.43. The van der Waals surface area contributed by atoms with E-state index in [1.54, 1.807) is 6.20 Å². The SMILES string of the molecule is CCNc1cc(Oc2cccc(C(C)(C)C)c2)ccn1. The number of aromatic nitrogens is 1. The van der Waals surface area contributed by atoms with Crippen LogP contribution in [0.25, 0.3) is 0 Å². The van der Waals surface area contributed by atoms with Gasteiger partial charge in [-0.15, -0.1) is 0 Å². The van der Waals surface area contributed by atoms with Crippen molar-refractivity contribution in [2.45, 2.75) is 33.1 Å². The maximum atomic E-state index is 5.92. The summed E-state index contributed by atoms with van der Waals surface area (Å²) >= 11 is 0. The number of anilines is 1. The Bertz CT molecular complexity index is 573. The van der Waals surface area contributed by atoms with E-state index in [0.717, 1.165) is 23.9 Å². The molecule has 1 aromatic heterocycles. The average molecular weight is 270 g/mol. The van der Waals surface area contributed by atoms with E-state index in [9.17, 15) is 0 Å². The Balaban J connectivity index is 2.19. The quantitative estimate of drug-likeness (QED) is 0.881. The topological polar surface area (TPSA) is 34.1 Å². The second-order valence-corrected chi connectivity index (χ2v) is 5.79. The molecule has 0 saturated heterocycles. The molecule has 2 rings (SSSR count). The van der Waals surface area contributed by atoms with Crippen LogP contribution in [0, 0.1) is 0 Å². The predicted octanol–water partition coefficient (Wildman–Crippen LogP) is 4.60. The van der Waals surface area contributed by atoms with Gasteiger partial charge >= 0.3 is 0 Å². The summed E-state index contributed by atoms with van der Waals surface area (Å²) < 4.78 is 5.92. The van der Waals surface area contributed by atoms with Gasteiger partial charge in [0.15, 0.2) is 0 Å². The molecule has 106 valence electrons. The van der Waals surface area contributed by atoms with E-state index >= 15 is 0 Å². The molecule has 0 saturated carbocycles. The summed E-state index contributed by atoms with van der Waals surface area (Å²) in [5.74, 6) is 2.48. The van der Waals surface area contributed by atoms with Gasteiger partial charge in [0.1, 0.15) is 17.3 Å². The second-order valence-electron chi connectivity index (χ2n) is 5.79. The maximum Gasteiger partial charge on any atom is 0.132 e. The Labute approximate surface area is 121 Å².